The zero-order valence-electron chi connectivity index (χ0n) is 11.7. The fraction of sp³-hybridized carbons (Fsp3) is 0.235. The summed E-state index contributed by atoms with van der Waals surface area (Å²) < 4.78 is 0. The Morgan fingerprint density at radius 1 is 1.19 bits per heavy atom. The molecule has 0 unspecified atom stereocenters. The summed E-state index contributed by atoms with van der Waals surface area (Å²) in [5.74, 6) is 0.152. The number of carbonyl (C=O) groups excluding carboxylic acids is 1. The molecule has 0 spiro atoms. The molecule has 0 radical (unpaired) electrons. The third kappa shape index (κ3) is 2.57. The second-order valence-electron chi connectivity index (χ2n) is 5.30. The highest BCUT2D eigenvalue weighted by Crippen LogP contribution is 2.32. The van der Waals surface area contributed by atoms with E-state index >= 15 is 0 Å². The van der Waals surface area contributed by atoms with Gasteiger partial charge in [-0.15, -0.1) is 0 Å². The number of fused-ring (bicyclic) bond motifs is 1. The Bertz CT molecular complexity index is 682. The lowest BCUT2D eigenvalue weighted by molar-refractivity contribution is -0.118. The highest BCUT2D eigenvalue weighted by atomic mass is 16.3. The van der Waals surface area contributed by atoms with Crippen molar-refractivity contribution >= 4 is 17.3 Å². The van der Waals surface area contributed by atoms with Gasteiger partial charge < -0.3 is 15.7 Å². The predicted molar refractivity (Wildman–Crippen MR) is 83.3 cm³/mol. The number of hydrogen-bond acceptors (Lipinski definition) is 3. The van der Waals surface area contributed by atoms with E-state index in [1.165, 1.54) is 0 Å². The Morgan fingerprint density at radius 2 is 2.00 bits per heavy atom. The molecule has 1 aliphatic rings. The Balaban J connectivity index is 1.87. The van der Waals surface area contributed by atoms with Crippen LogP contribution in [0.25, 0.3) is 0 Å². The SMILES string of the molecule is Nc1cccc2c1CCCN2C(=O)Cc1ccccc1O. The average molecular weight is 282 g/mol. The van der Waals surface area contributed by atoms with Crippen molar-refractivity contribution in [2.24, 2.45) is 0 Å². The molecule has 0 aromatic heterocycles. The second kappa shape index (κ2) is 5.48. The highest BCUT2D eigenvalue weighted by molar-refractivity contribution is 5.97. The van der Waals surface area contributed by atoms with Crippen LogP contribution >= 0.6 is 0 Å². The van der Waals surface area contributed by atoms with E-state index in [2.05, 4.69) is 0 Å². The van der Waals surface area contributed by atoms with Crippen LogP contribution < -0.4 is 10.6 Å². The molecule has 3 N–H and O–H groups in total. The lowest BCUT2D eigenvalue weighted by Gasteiger charge is -2.30. The molecule has 0 atom stereocenters. The summed E-state index contributed by atoms with van der Waals surface area (Å²) in [4.78, 5) is 14.3. The molecule has 2 aromatic carbocycles. The first-order chi connectivity index (χ1) is 10.2. The number of amides is 1. The fourth-order valence-corrected chi connectivity index (χ4v) is 2.83. The second-order valence-corrected chi connectivity index (χ2v) is 5.30. The third-order valence-corrected chi connectivity index (χ3v) is 3.92. The summed E-state index contributed by atoms with van der Waals surface area (Å²) >= 11 is 0. The van der Waals surface area contributed by atoms with Gasteiger partial charge in [0, 0.05) is 23.5 Å². The van der Waals surface area contributed by atoms with Crippen molar-refractivity contribution in [1.29, 1.82) is 0 Å². The highest BCUT2D eigenvalue weighted by Gasteiger charge is 2.24. The van der Waals surface area contributed by atoms with E-state index in [0.717, 1.165) is 29.8 Å². The van der Waals surface area contributed by atoms with Crippen LogP contribution in [0.5, 0.6) is 5.75 Å². The minimum Gasteiger partial charge on any atom is -0.508 e. The molecule has 108 valence electrons. The normalized spacial score (nSPS) is 13.8. The predicted octanol–water partition coefficient (Wildman–Crippen LogP) is 2.50. The number of benzene rings is 2. The zero-order chi connectivity index (χ0) is 14.8. The first kappa shape index (κ1) is 13.5. The number of nitrogen functional groups attached to an aromatic ring is 1. The maximum absolute atomic E-state index is 12.6. The van der Waals surface area contributed by atoms with Gasteiger partial charge in [0.25, 0.3) is 0 Å². The number of anilines is 2. The molecule has 0 fully saturated rings. The number of phenolic OH excluding ortho intramolecular Hbond substituents is 1. The van der Waals surface area contributed by atoms with Crippen molar-refractivity contribution in [3.8, 4) is 5.75 Å². The number of aromatic hydroxyl groups is 1. The Morgan fingerprint density at radius 3 is 2.81 bits per heavy atom. The van der Waals surface area contributed by atoms with Gasteiger partial charge >= 0.3 is 0 Å². The van der Waals surface area contributed by atoms with E-state index < -0.39 is 0 Å². The largest absolute Gasteiger partial charge is 0.508 e. The van der Waals surface area contributed by atoms with Gasteiger partial charge in [0.15, 0.2) is 0 Å². The number of rotatable bonds is 2. The van der Waals surface area contributed by atoms with E-state index in [0.29, 0.717) is 12.1 Å². The Kier molecular flexibility index (Phi) is 3.52. The first-order valence-electron chi connectivity index (χ1n) is 7.11. The van der Waals surface area contributed by atoms with Crippen LogP contribution in [0.2, 0.25) is 0 Å². The van der Waals surface area contributed by atoms with E-state index in [9.17, 15) is 9.90 Å². The van der Waals surface area contributed by atoms with Crippen molar-refractivity contribution in [1.82, 2.24) is 0 Å². The van der Waals surface area contributed by atoms with Gasteiger partial charge in [0.2, 0.25) is 5.91 Å². The van der Waals surface area contributed by atoms with Crippen LogP contribution in [-0.2, 0) is 17.6 Å². The lowest BCUT2D eigenvalue weighted by atomic mass is 9.99. The van der Waals surface area contributed by atoms with Crippen molar-refractivity contribution in [3.05, 3.63) is 53.6 Å². The van der Waals surface area contributed by atoms with Gasteiger partial charge in [-0.25, -0.2) is 0 Å². The number of nitrogens with two attached hydrogens (primary N) is 1. The Labute approximate surface area is 123 Å². The number of nitrogens with zero attached hydrogens (tertiary/aromatic N) is 1. The fourth-order valence-electron chi connectivity index (χ4n) is 2.83. The number of carbonyl (C=O) groups is 1. The third-order valence-electron chi connectivity index (χ3n) is 3.92. The summed E-state index contributed by atoms with van der Waals surface area (Å²) in [5, 5.41) is 9.81. The maximum atomic E-state index is 12.6. The maximum Gasteiger partial charge on any atom is 0.231 e. The molecular weight excluding hydrogens is 264 g/mol. The molecule has 3 rings (SSSR count). The molecule has 4 heteroatoms. The number of phenols is 1. The summed E-state index contributed by atoms with van der Waals surface area (Å²) in [6, 6.07) is 12.6. The first-order valence-corrected chi connectivity index (χ1v) is 7.11. The molecule has 0 saturated heterocycles. The van der Waals surface area contributed by atoms with Crippen molar-refractivity contribution < 1.29 is 9.90 Å². The van der Waals surface area contributed by atoms with E-state index in [1.807, 2.05) is 24.3 Å². The zero-order valence-corrected chi connectivity index (χ0v) is 11.7. The van der Waals surface area contributed by atoms with Crippen LogP contribution in [0.1, 0.15) is 17.5 Å². The van der Waals surface area contributed by atoms with Gasteiger partial charge in [-0.3, -0.25) is 4.79 Å². The smallest absolute Gasteiger partial charge is 0.231 e. The topological polar surface area (TPSA) is 66.6 Å². The van der Waals surface area contributed by atoms with Crippen LogP contribution in [0.4, 0.5) is 11.4 Å². The monoisotopic (exact) mass is 282 g/mol. The van der Waals surface area contributed by atoms with Gasteiger partial charge in [0.1, 0.15) is 5.75 Å². The van der Waals surface area contributed by atoms with Crippen molar-refractivity contribution in [2.75, 3.05) is 17.2 Å². The van der Waals surface area contributed by atoms with E-state index in [4.69, 9.17) is 5.73 Å². The lowest BCUT2D eigenvalue weighted by Crippen LogP contribution is -2.36. The van der Waals surface area contributed by atoms with Crippen molar-refractivity contribution in [2.45, 2.75) is 19.3 Å². The molecule has 0 bridgehead atoms. The van der Waals surface area contributed by atoms with E-state index in [1.54, 1.807) is 23.1 Å². The summed E-state index contributed by atoms with van der Waals surface area (Å²) in [6.07, 6.45) is 2.01. The summed E-state index contributed by atoms with van der Waals surface area (Å²) in [6.45, 7) is 0.697. The summed E-state index contributed by atoms with van der Waals surface area (Å²) in [5.41, 5.74) is 9.35. The molecule has 1 aliphatic heterocycles. The summed E-state index contributed by atoms with van der Waals surface area (Å²) in [7, 11) is 0. The van der Waals surface area contributed by atoms with Crippen molar-refractivity contribution in [3.63, 3.8) is 0 Å². The van der Waals surface area contributed by atoms with Crippen LogP contribution in [0.3, 0.4) is 0 Å². The average Bonchev–Trinajstić information content (AvgIpc) is 2.49. The Hall–Kier alpha value is -2.49. The molecule has 1 heterocycles. The standard InChI is InChI=1S/C17H18N2O2/c18-14-7-3-8-15-13(14)6-4-10-19(15)17(21)11-12-5-1-2-9-16(12)20/h1-3,5,7-9,20H,4,6,10-11,18H2. The molecule has 1 amide bonds. The van der Waals surface area contributed by atoms with Crippen LogP contribution in [0.15, 0.2) is 42.5 Å². The molecule has 0 saturated carbocycles. The van der Waals surface area contributed by atoms with Gasteiger partial charge in [0.05, 0.1) is 6.42 Å². The van der Waals surface area contributed by atoms with Crippen LogP contribution in [0, 0.1) is 0 Å². The molecular formula is C17H18N2O2. The molecule has 2 aromatic rings. The quantitative estimate of drug-likeness (QED) is 0.832. The number of para-hydroxylation sites is 1. The minimum atomic E-state index is -0.0111. The van der Waals surface area contributed by atoms with Crippen LogP contribution in [-0.4, -0.2) is 17.6 Å². The molecule has 21 heavy (non-hydrogen) atoms. The van der Waals surface area contributed by atoms with Gasteiger partial charge in [-0.2, -0.15) is 0 Å². The van der Waals surface area contributed by atoms with Gasteiger partial charge in [-0.1, -0.05) is 24.3 Å². The molecule has 0 aliphatic carbocycles. The van der Waals surface area contributed by atoms with E-state index in [-0.39, 0.29) is 18.1 Å². The number of hydrogen-bond donors (Lipinski definition) is 2. The van der Waals surface area contributed by atoms with Gasteiger partial charge in [-0.05, 0) is 36.6 Å². The minimum absolute atomic E-state index is 0.0111. The molecule has 4 nitrogen and oxygen atoms in total.